The molecule has 0 radical (unpaired) electrons. The fraction of sp³-hybridized carbons (Fsp3) is 0.579. The normalized spacial score (nSPS) is 23.4. The molecule has 0 aromatic heterocycles. The summed E-state index contributed by atoms with van der Waals surface area (Å²) >= 11 is 0. The van der Waals surface area contributed by atoms with Crippen molar-refractivity contribution in [2.24, 2.45) is 11.7 Å². The van der Waals surface area contributed by atoms with Crippen LogP contribution in [-0.2, 0) is 9.53 Å². The molecule has 26 heavy (non-hydrogen) atoms. The van der Waals surface area contributed by atoms with Gasteiger partial charge in [-0.2, -0.15) is 0 Å². The zero-order valence-electron chi connectivity index (χ0n) is 15.1. The standard InChI is InChI=1S/C19H27N3O3.ClH/c1-13-8-10-22(11-9-13)19(24)14-2-4-15(5-3-14)21-18(23)17-7-6-16(12-20)25-17;/h2-5,13,16-17H,6-12,20H2,1H3,(H,21,23);1H/t16-,17+;/m1./s1. The fourth-order valence-corrected chi connectivity index (χ4v) is 3.39. The molecule has 0 unspecified atom stereocenters. The number of ether oxygens (including phenoxy) is 1. The number of hydrogen-bond donors (Lipinski definition) is 2. The molecular formula is C19H28ClN3O3. The Balaban J connectivity index is 0.00000243. The number of rotatable bonds is 4. The molecule has 144 valence electrons. The topological polar surface area (TPSA) is 84.7 Å². The lowest BCUT2D eigenvalue weighted by Gasteiger charge is -2.30. The molecule has 1 aromatic carbocycles. The largest absolute Gasteiger partial charge is 0.364 e. The Morgan fingerprint density at radius 3 is 2.38 bits per heavy atom. The second-order valence-electron chi connectivity index (χ2n) is 7.10. The predicted octanol–water partition coefficient (Wildman–Crippen LogP) is 2.43. The SMILES string of the molecule is CC1CCN(C(=O)c2ccc(NC(=O)[C@@H]3CC[C@H](CN)O3)cc2)CC1.Cl. The molecule has 2 aliphatic rings. The van der Waals surface area contributed by atoms with Gasteiger partial charge >= 0.3 is 0 Å². The van der Waals surface area contributed by atoms with Gasteiger partial charge in [-0.15, -0.1) is 12.4 Å². The average Bonchev–Trinajstić information content (AvgIpc) is 3.12. The Hall–Kier alpha value is -1.63. The number of likely N-dealkylation sites (tertiary alicyclic amines) is 1. The number of benzene rings is 1. The molecule has 7 heteroatoms. The van der Waals surface area contributed by atoms with E-state index in [4.69, 9.17) is 10.5 Å². The molecule has 2 heterocycles. The predicted molar refractivity (Wildman–Crippen MR) is 104 cm³/mol. The van der Waals surface area contributed by atoms with Crippen LogP contribution < -0.4 is 11.1 Å². The zero-order valence-corrected chi connectivity index (χ0v) is 16.0. The number of nitrogens with one attached hydrogen (secondary N) is 1. The van der Waals surface area contributed by atoms with Crippen molar-refractivity contribution >= 4 is 29.9 Å². The van der Waals surface area contributed by atoms with Gasteiger partial charge in [0, 0.05) is 30.9 Å². The molecule has 2 saturated heterocycles. The lowest BCUT2D eigenvalue weighted by molar-refractivity contribution is -0.126. The highest BCUT2D eigenvalue weighted by atomic mass is 35.5. The molecule has 3 N–H and O–H groups in total. The first kappa shape index (κ1) is 20.7. The fourth-order valence-electron chi connectivity index (χ4n) is 3.39. The van der Waals surface area contributed by atoms with Crippen LogP contribution in [0.5, 0.6) is 0 Å². The van der Waals surface area contributed by atoms with Gasteiger partial charge in [0.05, 0.1) is 6.10 Å². The molecule has 1 aromatic rings. The monoisotopic (exact) mass is 381 g/mol. The van der Waals surface area contributed by atoms with Crippen molar-refractivity contribution < 1.29 is 14.3 Å². The molecule has 2 aliphatic heterocycles. The van der Waals surface area contributed by atoms with Gasteiger partial charge in [0.25, 0.3) is 11.8 Å². The van der Waals surface area contributed by atoms with Gasteiger partial charge in [-0.3, -0.25) is 9.59 Å². The summed E-state index contributed by atoms with van der Waals surface area (Å²) < 4.78 is 5.60. The van der Waals surface area contributed by atoms with Gasteiger partial charge in [0.2, 0.25) is 0 Å². The highest BCUT2D eigenvalue weighted by Gasteiger charge is 2.30. The van der Waals surface area contributed by atoms with E-state index in [0.29, 0.717) is 30.1 Å². The molecule has 2 atom stereocenters. The van der Waals surface area contributed by atoms with E-state index in [1.165, 1.54) is 0 Å². The molecule has 0 aliphatic carbocycles. The number of carbonyl (C=O) groups excluding carboxylic acids is 2. The Labute approximate surface area is 160 Å². The van der Waals surface area contributed by atoms with E-state index in [0.717, 1.165) is 32.4 Å². The summed E-state index contributed by atoms with van der Waals surface area (Å²) in [6.07, 6.45) is 3.16. The molecule has 0 bridgehead atoms. The van der Waals surface area contributed by atoms with E-state index in [1.807, 2.05) is 4.90 Å². The third-order valence-electron chi connectivity index (χ3n) is 5.13. The minimum absolute atomic E-state index is 0. The van der Waals surface area contributed by atoms with E-state index in [1.54, 1.807) is 24.3 Å². The number of nitrogens with two attached hydrogens (primary N) is 1. The van der Waals surface area contributed by atoms with Crippen LogP contribution in [0.15, 0.2) is 24.3 Å². The molecular weight excluding hydrogens is 354 g/mol. The van der Waals surface area contributed by atoms with Crippen molar-refractivity contribution in [1.29, 1.82) is 0 Å². The van der Waals surface area contributed by atoms with Crippen LogP contribution >= 0.6 is 12.4 Å². The zero-order chi connectivity index (χ0) is 17.8. The third-order valence-corrected chi connectivity index (χ3v) is 5.13. The first-order chi connectivity index (χ1) is 12.1. The second kappa shape index (κ2) is 9.35. The van der Waals surface area contributed by atoms with Crippen molar-refractivity contribution in [3.05, 3.63) is 29.8 Å². The van der Waals surface area contributed by atoms with E-state index in [9.17, 15) is 9.59 Å². The lowest BCUT2D eigenvalue weighted by atomic mass is 9.98. The minimum Gasteiger partial charge on any atom is -0.364 e. The first-order valence-electron chi connectivity index (χ1n) is 9.12. The van der Waals surface area contributed by atoms with Crippen molar-refractivity contribution in [2.75, 3.05) is 25.0 Å². The molecule has 6 nitrogen and oxygen atoms in total. The van der Waals surface area contributed by atoms with Gasteiger partial charge in [-0.25, -0.2) is 0 Å². The number of carbonyl (C=O) groups is 2. The summed E-state index contributed by atoms with van der Waals surface area (Å²) in [7, 11) is 0. The van der Waals surface area contributed by atoms with Crippen molar-refractivity contribution in [3.8, 4) is 0 Å². The molecule has 0 saturated carbocycles. The van der Waals surface area contributed by atoms with Crippen molar-refractivity contribution in [1.82, 2.24) is 4.90 Å². The number of nitrogens with zero attached hydrogens (tertiary/aromatic N) is 1. The van der Waals surface area contributed by atoms with E-state index < -0.39 is 6.10 Å². The van der Waals surface area contributed by atoms with Crippen molar-refractivity contribution in [2.45, 2.75) is 44.8 Å². The highest BCUT2D eigenvalue weighted by molar-refractivity contribution is 5.97. The summed E-state index contributed by atoms with van der Waals surface area (Å²) in [5, 5.41) is 2.85. The van der Waals surface area contributed by atoms with Crippen molar-refractivity contribution in [3.63, 3.8) is 0 Å². The number of anilines is 1. The van der Waals surface area contributed by atoms with Gasteiger partial charge in [0.15, 0.2) is 0 Å². The summed E-state index contributed by atoms with van der Waals surface area (Å²) in [4.78, 5) is 26.7. The van der Waals surface area contributed by atoms with Gasteiger partial charge < -0.3 is 20.7 Å². The first-order valence-corrected chi connectivity index (χ1v) is 9.12. The van der Waals surface area contributed by atoms with Gasteiger partial charge in [-0.1, -0.05) is 6.92 Å². The summed E-state index contributed by atoms with van der Waals surface area (Å²) in [6.45, 7) is 4.30. The maximum atomic E-state index is 12.5. The van der Waals surface area contributed by atoms with Crippen LogP contribution in [0, 0.1) is 5.92 Å². The van der Waals surface area contributed by atoms with E-state index >= 15 is 0 Å². The Morgan fingerprint density at radius 2 is 1.81 bits per heavy atom. The number of amides is 2. The smallest absolute Gasteiger partial charge is 0.253 e. The number of piperidine rings is 1. The Morgan fingerprint density at radius 1 is 1.15 bits per heavy atom. The maximum absolute atomic E-state index is 12.5. The number of hydrogen-bond acceptors (Lipinski definition) is 4. The molecule has 2 fully saturated rings. The van der Waals surface area contributed by atoms with Crippen LogP contribution in [0.2, 0.25) is 0 Å². The van der Waals surface area contributed by atoms with Crippen LogP contribution in [-0.4, -0.2) is 48.6 Å². The minimum atomic E-state index is -0.440. The van der Waals surface area contributed by atoms with Crippen LogP contribution in [0.3, 0.4) is 0 Å². The summed E-state index contributed by atoms with van der Waals surface area (Å²) in [6, 6.07) is 7.09. The second-order valence-corrected chi connectivity index (χ2v) is 7.10. The van der Waals surface area contributed by atoms with Gasteiger partial charge in [0.1, 0.15) is 6.10 Å². The van der Waals surface area contributed by atoms with E-state index in [-0.39, 0.29) is 30.3 Å². The quantitative estimate of drug-likeness (QED) is 0.838. The van der Waals surface area contributed by atoms with Gasteiger partial charge in [-0.05, 0) is 55.9 Å². The highest BCUT2D eigenvalue weighted by Crippen LogP contribution is 2.22. The molecule has 2 amide bonds. The van der Waals surface area contributed by atoms with Crippen LogP contribution in [0.4, 0.5) is 5.69 Å². The summed E-state index contributed by atoms with van der Waals surface area (Å²) in [5.74, 6) is 0.605. The lowest BCUT2D eigenvalue weighted by Crippen LogP contribution is -2.37. The Bertz CT molecular complexity index is 615. The molecule has 3 rings (SSSR count). The average molecular weight is 382 g/mol. The number of halogens is 1. The van der Waals surface area contributed by atoms with Crippen LogP contribution in [0.1, 0.15) is 43.0 Å². The Kier molecular flexibility index (Phi) is 7.43. The molecule has 0 spiro atoms. The van der Waals surface area contributed by atoms with E-state index in [2.05, 4.69) is 12.2 Å². The summed E-state index contributed by atoms with van der Waals surface area (Å²) in [5.41, 5.74) is 6.90. The maximum Gasteiger partial charge on any atom is 0.253 e. The third kappa shape index (κ3) is 4.96. The van der Waals surface area contributed by atoms with Crippen LogP contribution in [0.25, 0.3) is 0 Å².